The van der Waals surface area contributed by atoms with E-state index < -0.39 is 16.2 Å². The number of hydrogen-bond donors (Lipinski definition) is 3. The fourth-order valence-corrected chi connectivity index (χ4v) is 1.54. The first kappa shape index (κ1) is 11.5. The van der Waals surface area contributed by atoms with Crippen LogP contribution in [0, 0.1) is 6.92 Å². The molecule has 0 saturated heterocycles. The van der Waals surface area contributed by atoms with Gasteiger partial charge in [-0.3, -0.25) is 4.72 Å². The second-order valence-corrected chi connectivity index (χ2v) is 4.28. The third-order valence-electron chi connectivity index (χ3n) is 1.74. The monoisotopic (exact) mass is 230 g/mol. The van der Waals surface area contributed by atoms with E-state index in [1.165, 1.54) is 18.2 Å². The van der Waals surface area contributed by atoms with Gasteiger partial charge < -0.3 is 5.11 Å². The summed E-state index contributed by atoms with van der Waals surface area (Å²) >= 11 is 0. The summed E-state index contributed by atoms with van der Waals surface area (Å²) in [6.45, 7) is 1.64. The van der Waals surface area contributed by atoms with Crippen LogP contribution in [0.2, 0.25) is 0 Å². The van der Waals surface area contributed by atoms with Crippen LogP contribution >= 0.6 is 0 Å². The highest BCUT2D eigenvalue weighted by Crippen LogP contribution is 2.17. The fraction of sp³-hybridized carbons (Fsp3) is 0.125. The van der Waals surface area contributed by atoms with Crippen molar-refractivity contribution in [3.63, 3.8) is 0 Å². The third kappa shape index (κ3) is 3.22. The summed E-state index contributed by atoms with van der Waals surface area (Å²) in [7, 11) is -3.89. The Morgan fingerprint density at radius 2 is 2.07 bits per heavy atom. The second-order valence-electron chi connectivity index (χ2n) is 2.98. The Bertz CT molecular complexity index is 495. The molecule has 0 aromatic heterocycles. The fourth-order valence-electron chi connectivity index (χ4n) is 1.02. The van der Waals surface area contributed by atoms with E-state index >= 15 is 0 Å². The first-order valence-electron chi connectivity index (χ1n) is 3.94. The van der Waals surface area contributed by atoms with Gasteiger partial charge in [-0.1, -0.05) is 6.07 Å². The second kappa shape index (κ2) is 3.87. The van der Waals surface area contributed by atoms with Crippen molar-refractivity contribution < 1.29 is 18.3 Å². The predicted octanol–water partition coefficient (Wildman–Crippen LogP) is 0.309. The maximum absolute atomic E-state index is 10.8. The van der Waals surface area contributed by atoms with Crippen molar-refractivity contribution in [3.8, 4) is 0 Å². The SMILES string of the molecule is Cc1ccc(C(=O)O)cc1NS(N)(=O)=O. The zero-order valence-corrected chi connectivity index (χ0v) is 8.71. The Morgan fingerprint density at radius 1 is 1.47 bits per heavy atom. The Morgan fingerprint density at radius 3 is 2.53 bits per heavy atom. The van der Waals surface area contributed by atoms with E-state index in [9.17, 15) is 13.2 Å². The van der Waals surface area contributed by atoms with Gasteiger partial charge in [0.05, 0.1) is 11.3 Å². The van der Waals surface area contributed by atoms with Gasteiger partial charge in [-0.25, -0.2) is 9.93 Å². The molecule has 0 aliphatic carbocycles. The van der Waals surface area contributed by atoms with Crippen LogP contribution in [0.5, 0.6) is 0 Å². The number of hydrogen-bond acceptors (Lipinski definition) is 3. The average Bonchev–Trinajstić information content (AvgIpc) is 2.06. The van der Waals surface area contributed by atoms with Crippen LogP contribution in [0.15, 0.2) is 18.2 Å². The number of nitrogens with one attached hydrogen (secondary N) is 1. The molecule has 0 bridgehead atoms. The van der Waals surface area contributed by atoms with Gasteiger partial charge in [0.1, 0.15) is 0 Å². The van der Waals surface area contributed by atoms with Gasteiger partial charge in [0.2, 0.25) is 0 Å². The molecule has 6 nitrogen and oxygen atoms in total. The Hall–Kier alpha value is -1.60. The minimum atomic E-state index is -3.89. The van der Waals surface area contributed by atoms with Gasteiger partial charge in [0.25, 0.3) is 10.2 Å². The summed E-state index contributed by atoms with van der Waals surface area (Å²) in [5.41, 5.74) is 0.748. The van der Waals surface area contributed by atoms with Gasteiger partial charge in [-0.2, -0.15) is 8.42 Å². The van der Waals surface area contributed by atoms with Crippen molar-refractivity contribution in [3.05, 3.63) is 29.3 Å². The van der Waals surface area contributed by atoms with Crippen LogP contribution in [0.1, 0.15) is 15.9 Å². The van der Waals surface area contributed by atoms with Gasteiger partial charge in [0.15, 0.2) is 0 Å². The average molecular weight is 230 g/mol. The summed E-state index contributed by atoms with van der Waals surface area (Å²) in [6.07, 6.45) is 0. The molecule has 1 rings (SSSR count). The number of anilines is 1. The first-order valence-corrected chi connectivity index (χ1v) is 5.49. The van der Waals surface area contributed by atoms with E-state index in [2.05, 4.69) is 0 Å². The van der Waals surface area contributed by atoms with Crippen molar-refractivity contribution >= 4 is 21.9 Å². The van der Waals surface area contributed by atoms with Crippen LogP contribution in [0.3, 0.4) is 0 Å². The molecule has 0 amide bonds. The quantitative estimate of drug-likeness (QED) is 0.694. The highest BCUT2D eigenvalue weighted by Gasteiger charge is 2.09. The molecule has 0 aliphatic rings. The molecular weight excluding hydrogens is 220 g/mol. The molecule has 0 radical (unpaired) electrons. The van der Waals surface area contributed by atoms with E-state index in [1.807, 2.05) is 4.72 Å². The number of rotatable bonds is 3. The van der Waals surface area contributed by atoms with Crippen molar-refractivity contribution in [2.45, 2.75) is 6.92 Å². The zero-order chi connectivity index (χ0) is 11.6. The third-order valence-corrected chi connectivity index (χ3v) is 2.24. The van der Waals surface area contributed by atoms with Crippen LogP contribution in [0.4, 0.5) is 5.69 Å². The molecule has 0 aliphatic heterocycles. The molecule has 7 heteroatoms. The minimum absolute atomic E-state index is 0.00764. The number of nitrogens with two attached hydrogens (primary N) is 1. The van der Waals surface area contributed by atoms with Gasteiger partial charge in [-0.15, -0.1) is 0 Å². The zero-order valence-electron chi connectivity index (χ0n) is 7.89. The molecule has 4 N–H and O–H groups in total. The van der Waals surface area contributed by atoms with Gasteiger partial charge >= 0.3 is 5.97 Å². The lowest BCUT2D eigenvalue weighted by Crippen LogP contribution is -2.22. The molecular formula is C8H10N2O4S. The Labute approximate surface area is 86.9 Å². The summed E-state index contributed by atoms with van der Waals surface area (Å²) < 4.78 is 23.5. The van der Waals surface area contributed by atoms with Crippen molar-refractivity contribution in [1.29, 1.82) is 0 Å². The van der Waals surface area contributed by atoms with Crippen molar-refractivity contribution in [2.24, 2.45) is 5.14 Å². The smallest absolute Gasteiger partial charge is 0.335 e. The maximum Gasteiger partial charge on any atom is 0.335 e. The molecule has 0 atom stereocenters. The largest absolute Gasteiger partial charge is 0.478 e. The van der Waals surface area contributed by atoms with E-state index in [4.69, 9.17) is 10.2 Å². The van der Waals surface area contributed by atoms with Gasteiger partial charge in [-0.05, 0) is 24.6 Å². The standard InChI is InChI=1S/C8H10N2O4S/c1-5-2-3-6(8(11)12)4-7(5)10-15(9,13)14/h2-4,10H,1H3,(H,11,12)(H2,9,13,14). The molecule has 0 unspecified atom stereocenters. The minimum Gasteiger partial charge on any atom is -0.478 e. The van der Waals surface area contributed by atoms with Gasteiger partial charge in [0, 0.05) is 0 Å². The topological polar surface area (TPSA) is 109 Å². The summed E-state index contributed by atoms with van der Waals surface area (Å²) in [5, 5.41) is 13.5. The first-order chi connectivity index (χ1) is 6.79. The van der Waals surface area contributed by atoms with Crippen molar-refractivity contribution in [1.82, 2.24) is 0 Å². The van der Waals surface area contributed by atoms with Crippen molar-refractivity contribution in [2.75, 3.05) is 4.72 Å². The van der Waals surface area contributed by atoms with Crippen LogP contribution in [-0.2, 0) is 10.2 Å². The summed E-state index contributed by atoms with van der Waals surface area (Å²) in [6, 6.07) is 4.09. The van der Waals surface area contributed by atoms with E-state index in [0.29, 0.717) is 5.56 Å². The molecule has 1 aromatic carbocycles. The number of carbonyl (C=O) groups is 1. The maximum atomic E-state index is 10.8. The highest BCUT2D eigenvalue weighted by atomic mass is 32.2. The molecule has 15 heavy (non-hydrogen) atoms. The Balaban J connectivity index is 3.17. The number of carboxylic acid groups (broad SMARTS) is 1. The van der Waals surface area contributed by atoms with Crippen LogP contribution in [-0.4, -0.2) is 19.5 Å². The Kier molecular flexibility index (Phi) is 2.96. The van der Waals surface area contributed by atoms with Crippen LogP contribution < -0.4 is 9.86 Å². The molecule has 0 spiro atoms. The summed E-state index contributed by atoms with van der Waals surface area (Å²) in [5.74, 6) is -1.13. The van der Waals surface area contributed by atoms with E-state index in [0.717, 1.165) is 0 Å². The molecule has 0 saturated carbocycles. The summed E-state index contributed by atoms with van der Waals surface area (Å²) in [4.78, 5) is 10.6. The molecule has 0 heterocycles. The number of benzene rings is 1. The van der Waals surface area contributed by atoms with E-state index in [-0.39, 0.29) is 11.3 Å². The highest BCUT2D eigenvalue weighted by molar-refractivity contribution is 7.90. The lowest BCUT2D eigenvalue weighted by atomic mass is 10.1. The number of aryl methyl sites for hydroxylation is 1. The normalized spacial score (nSPS) is 11.1. The number of carboxylic acids is 1. The molecule has 0 fully saturated rings. The van der Waals surface area contributed by atoms with Crippen LogP contribution in [0.25, 0.3) is 0 Å². The molecule has 1 aromatic rings. The molecule has 82 valence electrons. The lowest BCUT2D eigenvalue weighted by molar-refractivity contribution is 0.0697. The number of aromatic carboxylic acids is 1. The predicted molar refractivity (Wildman–Crippen MR) is 54.9 cm³/mol. The van der Waals surface area contributed by atoms with E-state index in [1.54, 1.807) is 6.92 Å². The lowest BCUT2D eigenvalue weighted by Gasteiger charge is -2.07.